The zero-order valence-electron chi connectivity index (χ0n) is 11.8. The van der Waals surface area contributed by atoms with E-state index in [-0.39, 0.29) is 5.91 Å². The molecule has 1 heterocycles. The standard InChI is InChI=1S/C14H27N3O/c1-16(2)14(18)6-4-10-17(13-7-8-13)11-12-5-3-9-15-12/h12-13,15H,3-11H2,1-2H3. The van der Waals surface area contributed by atoms with Gasteiger partial charge in [-0.25, -0.2) is 0 Å². The maximum atomic E-state index is 11.5. The summed E-state index contributed by atoms with van der Waals surface area (Å²) >= 11 is 0. The van der Waals surface area contributed by atoms with Crippen molar-refractivity contribution in [1.82, 2.24) is 15.1 Å². The molecule has 2 fully saturated rings. The molecule has 1 N–H and O–H groups in total. The molecule has 1 saturated carbocycles. The van der Waals surface area contributed by atoms with Crippen LogP contribution in [0, 0.1) is 0 Å². The highest BCUT2D eigenvalue weighted by Gasteiger charge is 2.30. The normalized spacial score (nSPS) is 23.6. The quantitative estimate of drug-likeness (QED) is 0.737. The minimum absolute atomic E-state index is 0.254. The summed E-state index contributed by atoms with van der Waals surface area (Å²) in [7, 11) is 3.67. The lowest BCUT2D eigenvalue weighted by molar-refractivity contribution is -0.128. The Hall–Kier alpha value is -0.610. The largest absolute Gasteiger partial charge is 0.349 e. The van der Waals surface area contributed by atoms with Crippen LogP contribution >= 0.6 is 0 Å². The Bertz CT molecular complexity index is 270. The highest BCUT2D eigenvalue weighted by Crippen LogP contribution is 2.27. The third kappa shape index (κ3) is 4.25. The molecule has 4 nitrogen and oxygen atoms in total. The van der Waals surface area contributed by atoms with Crippen molar-refractivity contribution < 1.29 is 4.79 Å². The summed E-state index contributed by atoms with van der Waals surface area (Å²) in [6.45, 7) is 3.45. The fraction of sp³-hybridized carbons (Fsp3) is 0.929. The number of hydrogen-bond acceptors (Lipinski definition) is 3. The molecule has 1 amide bonds. The minimum Gasteiger partial charge on any atom is -0.349 e. The topological polar surface area (TPSA) is 35.6 Å². The van der Waals surface area contributed by atoms with Crippen LogP contribution in [-0.2, 0) is 4.79 Å². The van der Waals surface area contributed by atoms with E-state index in [2.05, 4.69) is 10.2 Å². The Morgan fingerprint density at radius 1 is 1.28 bits per heavy atom. The van der Waals surface area contributed by atoms with E-state index in [0.717, 1.165) is 19.0 Å². The Balaban J connectivity index is 1.67. The maximum absolute atomic E-state index is 11.5. The third-order valence-corrected chi connectivity index (χ3v) is 4.02. The fourth-order valence-electron chi connectivity index (χ4n) is 2.72. The first-order chi connectivity index (χ1) is 8.66. The SMILES string of the molecule is CN(C)C(=O)CCCN(CC1CCCN1)C1CC1. The summed E-state index contributed by atoms with van der Waals surface area (Å²) < 4.78 is 0. The van der Waals surface area contributed by atoms with Crippen molar-refractivity contribution in [2.24, 2.45) is 0 Å². The molecular formula is C14H27N3O. The van der Waals surface area contributed by atoms with Gasteiger partial charge in [0.25, 0.3) is 0 Å². The summed E-state index contributed by atoms with van der Waals surface area (Å²) in [6, 6.07) is 1.50. The van der Waals surface area contributed by atoms with E-state index in [1.165, 1.54) is 38.8 Å². The molecule has 2 aliphatic rings. The van der Waals surface area contributed by atoms with Crippen molar-refractivity contribution in [3.63, 3.8) is 0 Å². The van der Waals surface area contributed by atoms with E-state index in [1.54, 1.807) is 4.90 Å². The monoisotopic (exact) mass is 253 g/mol. The molecular weight excluding hydrogens is 226 g/mol. The number of carbonyl (C=O) groups is 1. The predicted octanol–water partition coefficient (Wildman–Crippen LogP) is 1.07. The fourth-order valence-corrected chi connectivity index (χ4v) is 2.72. The number of nitrogens with zero attached hydrogens (tertiary/aromatic N) is 2. The maximum Gasteiger partial charge on any atom is 0.222 e. The van der Waals surface area contributed by atoms with Gasteiger partial charge < -0.3 is 10.2 Å². The molecule has 1 unspecified atom stereocenters. The van der Waals surface area contributed by atoms with Gasteiger partial charge in [-0.3, -0.25) is 9.69 Å². The average Bonchev–Trinajstić information content (AvgIpc) is 3.06. The molecule has 0 bridgehead atoms. The van der Waals surface area contributed by atoms with Crippen LogP contribution in [0.2, 0.25) is 0 Å². The van der Waals surface area contributed by atoms with Crippen LogP contribution < -0.4 is 5.32 Å². The first kappa shape index (κ1) is 13.8. The summed E-state index contributed by atoms with van der Waals surface area (Å²) in [5, 5.41) is 3.57. The van der Waals surface area contributed by atoms with Gasteiger partial charge in [0.05, 0.1) is 0 Å². The molecule has 104 valence electrons. The summed E-state index contributed by atoms with van der Waals surface area (Å²) in [4.78, 5) is 15.8. The second-order valence-electron chi connectivity index (χ2n) is 5.91. The molecule has 0 spiro atoms. The van der Waals surface area contributed by atoms with E-state index < -0.39 is 0 Å². The number of rotatable bonds is 7. The van der Waals surface area contributed by atoms with Crippen LogP contribution in [0.15, 0.2) is 0 Å². The molecule has 18 heavy (non-hydrogen) atoms. The van der Waals surface area contributed by atoms with Gasteiger partial charge in [0.2, 0.25) is 5.91 Å². The van der Waals surface area contributed by atoms with Crippen LogP contribution in [0.1, 0.15) is 38.5 Å². The van der Waals surface area contributed by atoms with Crippen molar-refractivity contribution >= 4 is 5.91 Å². The molecule has 0 aromatic rings. The molecule has 1 aliphatic heterocycles. The van der Waals surface area contributed by atoms with Gasteiger partial charge in [-0.2, -0.15) is 0 Å². The molecule has 0 aromatic heterocycles. The first-order valence-electron chi connectivity index (χ1n) is 7.34. The van der Waals surface area contributed by atoms with Crippen LogP contribution in [-0.4, -0.2) is 61.5 Å². The van der Waals surface area contributed by atoms with Crippen molar-refractivity contribution in [2.45, 2.75) is 50.6 Å². The van der Waals surface area contributed by atoms with Gasteiger partial charge in [-0.05, 0) is 45.2 Å². The van der Waals surface area contributed by atoms with Crippen molar-refractivity contribution in [3.8, 4) is 0 Å². The van der Waals surface area contributed by atoms with Crippen LogP contribution in [0.4, 0.5) is 0 Å². The molecule has 2 rings (SSSR count). The lowest BCUT2D eigenvalue weighted by Crippen LogP contribution is -2.39. The van der Waals surface area contributed by atoms with Gasteiger partial charge in [0.15, 0.2) is 0 Å². The minimum atomic E-state index is 0.254. The molecule has 1 atom stereocenters. The second-order valence-corrected chi connectivity index (χ2v) is 5.91. The molecule has 4 heteroatoms. The lowest BCUT2D eigenvalue weighted by atomic mass is 10.2. The van der Waals surface area contributed by atoms with Crippen LogP contribution in [0.25, 0.3) is 0 Å². The van der Waals surface area contributed by atoms with Crippen LogP contribution in [0.3, 0.4) is 0 Å². The van der Waals surface area contributed by atoms with E-state index in [9.17, 15) is 4.79 Å². The van der Waals surface area contributed by atoms with E-state index >= 15 is 0 Å². The van der Waals surface area contributed by atoms with Gasteiger partial charge in [0, 0.05) is 39.1 Å². The number of hydrogen-bond donors (Lipinski definition) is 1. The summed E-state index contributed by atoms with van der Waals surface area (Å²) in [5.41, 5.74) is 0. The molecule has 0 radical (unpaired) electrons. The highest BCUT2D eigenvalue weighted by atomic mass is 16.2. The molecule has 0 aromatic carbocycles. The van der Waals surface area contributed by atoms with Crippen molar-refractivity contribution in [2.75, 3.05) is 33.7 Å². The first-order valence-corrected chi connectivity index (χ1v) is 7.34. The third-order valence-electron chi connectivity index (χ3n) is 4.02. The Kier molecular flexibility index (Phi) is 5.01. The van der Waals surface area contributed by atoms with Crippen LogP contribution in [0.5, 0.6) is 0 Å². The molecule has 1 saturated heterocycles. The Morgan fingerprint density at radius 3 is 2.61 bits per heavy atom. The summed E-state index contributed by atoms with van der Waals surface area (Å²) in [5.74, 6) is 0.254. The number of nitrogens with one attached hydrogen (secondary N) is 1. The van der Waals surface area contributed by atoms with Gasteiger partial charge in [0.1, 0.15) is 0 Å². The van der Waals surface area contributed by atoms with Gasteiger partial charge in [-0.1, -0.05) is 0 Å². The van der Waals surface area contributed by atoms with Crippen molar-refractivity contribution in [1.29, 1.82) is 0 Å². The second kappa shape index (κ2) is 6.53. The van der Waals surface area contributed by atoms with Gasteiger partial charge in [-0.15, -0.1) is 0 Å². The zero-order valence-corrected chi connectivity index (χ0v) is 11.8. The highest BCUT2D eigenvalue weighted by molar-refractivity contribution is 5.75. The number of amides is 1. The zero-order chi connectivity index (χ0) is 13.0. The lowest BCUT2D eigenvalue weighted by Gasteiger charge is -2.25. The van der Waals surface area contributed by atoms with E-state index in [1.807, 2.05) is 14.1 Å². The predicted molar refractivity (Wildman–Crippen MR) is 73.5 cm³/mol. The van der Waals surface area contributed by atoms with E-state index in [4.69, 9.17) is 0 Å². The van der Waals surface area contributed by atoms with E-state index in [0.29, 0.717) is 12.5 Å². The smallest absolute Gasteiger partial charge is 0.222 e. The number of carbonyl (C=O) groups excluding carboxylic acids is 1. The average molecular weight is 253 g/mol. The Labute approximate surface area is 111 Å². The molecule has 1 aliphatic carbocycles. The Morgan fingerprint density at radius 2 is 2.06 bits per heavy atom. The van der Waals surface area contributed by atoms with Gasteiger partial charge >= 0.3 is 0 Å². The van der Waals surface area contributed by atoms with Crippen molar-refractivity contribution in [3.05, 3.63) is 0 Å². The summed E-state index contributed by atoms with van der Waals surface area (Å²) in [6.07, 6.45) is 7.04.